The number of halogens is 1. The van der Waals surface area contributed by atoms with E-state index in [9.17, 15) is 4.79 Å². The lowest BCUT2D eigenvalue weighted by Gasteiger charge is -2.35. The first-order valence-electron chi connectivity index (χ1n) is 9.73. The van der Waals surface area contributed by atoms with Gasteiger partial charge >= 0.3 is 0 Å². The SMILES string of the molecule is CN=C(NCCc1cn2cccc(C)c2n1)N1CCN(c2cnn(C)c2)C(=O)C1.I. The van der Waals surface area contributed by atoms with Gasteiger partial charge in [0, 0.05) is 58.7 Å². The molecule has 0 aliphatic carbocycles. The topological polar surface area (TPSA) is 83.1 Å². The zero-order chi connectivity index (χ0) is 20.4. The zero-order valence-corrected chi connectivity index (χ0v) is 19.8. The van der Waals surface area contributed by atoms with Gasteiger partial charge in [-0.2, -0.15) is 5.10 Å². The van der Waals surface area contributed by atoms with E-state index in [4.69, 9.17) is 4.98 Å². The maximum atomic E-state index is 12.6. The van der Waals surface area contributed by atoms with E-state index in [0.717, 1.165) is 35.0 Å². The van der Waals surface area contributed by atoms with E-state index in [0.29, 0.717) is 26.2 Å². The summed E-state index contributed by atoms with van der Waals surface area (Å²) in [4.78, 5) is 25.4. The number of piperazine rings is 1. The highest BCUT2D eigenvalue weighted by Gasteiger charge is 2.27. The molecule has 1 aliphatic rings. The lowest BCUT2D eigenvalue weighted by atomic mass is 10.3. The van der Waals surface area contributed by atoms with E-state index in [1.54, 1.807) is 22.8 Å². The summed E-state index contributed by atoms with van der Waals surface area (Å²) in [6.07, 6.45) is 8.43. The van der Waals surface area contributed by atoms with Crippen molar-refractivity contribution >= 4 is 47.2 Å². The molecule has 30 heavy (non-hydrogen) atoms. The maximum Gasteiger partial charge on any atom is 0.246 e. The largest absolute Gasteiger partial charge is 0.356 e. The van der Waals surface area contributed by atoms with Crippen molar-refractivity contribution in [2.45, 2.75) is 13.3 Å². The highest BCUT2D eigenvalue weighted by Crippen LogP contribution is 2.16. The number of hydrogen-bond acceptors (Lipinski definition) is 4. The van der Waals surface area contributed by atoms with Crippen molar-refractivity contribution in [2.24, 2.45) is 12.0 Å². The molecule has 1 aliphatic heterocycles. The Hall–Kier alpha value is -2.63. The average Bonchev–Trinajstić information content (AvgIpc) is 3.32. The molecule has 0 bridgehead atoms. The Morgan fingerprint density at radius 3 is 2.80 bits per heavy atom. The normalized spacial score (nSPS) is 14.9. The van der Waals surface area contributed by atoms with Crippen LogP contribution in [0.3, 0.4) is 0 Å². The number of hydrogen-bond donors (Lipinski definition) is 1. The predicted octanol–water partition coefficient (Wildman–Crippen LogP) is 1.46. The fourth-order valence-electron chi connectivity index (χ4n) is 3.63. The van der Waals surface area contributed by atoms with E-state index < -0.39 is 0 Å². The number of rotatable bonds is 4. The van der Waals surface area contributed by atoms with Crippen molar-refractivity contribution in [3.05, 3.63) is 48.2 Å². The summed E-state index contributed by atoms with van der Waals surface area (Å²) in [5.41, 5.74) is 4.01. The monoisotopic (exact) mass is 522 g/mol. The van der Waals surface area contributed by atoms with Crippen LogP contribution in [-0.2, 0) is 18.3 Å². The number of aliphatic imine (C=N–C) groups is 1. The highest BCUT2D eigenvalue weighted by atomic mass is 127. The first-order valence-corrected chi connectivity index (χ1v) is 9.73. The molecular formula is C20H27IN8O. The molecule has 0 radical (unpaired) electrons. The Labute approximate surface area is 192 Å². The number of nitrogens with zero attached hydrogens (tertiary/aromatic N) is 7. The number of carbonyl (C=O) groups is 1. The van der Waals surface area contributed by atoms with Crippen molar-refractivity contribution < 1.29 is 4.79 Å². The van der Waals surface area contributed by atoms with E-state index in [-0.39, 0.29) is 29.9 Å². The third-order valence-electron chi connectivity index (χ3n) is 5.13. The summed E-state index contributed by atoms with van der Waals surface area (Å²) in [6.45, 7) is 4.38. The molecule has 1 fully saturated rings. The molecule has 4 rings (SSSR count). The second-order valence-electron chi connectivity index (χ2n) is 7.22. The van der Waals surface area contributed by atoms with E-state index >= 15 is 0 Å². The van der Waals surface area contributed by atoms with Crippen LogP contribution in [0.1, 0.15) is 11.3 Å². The Balaban J connectivity index is 0.00000256. The second kappa shape index (κ2) is 9.45. The number of aromatic nitrogens is 4. The number of carbonyl (C=O) groups excluding carboxylic acids is 1. The van der Waals surface area contributed by atoms with Gasteiger partial charge in [-0.15, -0.1) is 24.0 Å². The van der Waals surface area contributed by atoms with Crippen LogP contribution < -0.4 is 10.2 Å². The average molecular weight is 522 g/mol. The van der Waals surface area contributed by atoms with E-state index in [1.165, 1.54) is 0 Å². The molecule has 10 heteroatoms. The van der Waals surface area contributed by atoms with Gasteiger partial charge in [-0.25, -0.2) is 4.98 Å². The molecule has 3 aromatic rings. The van der Waals surface area contributed by atoms with Gasteiger partial charge in [0.05, 0.1) is 17.6 Å². The second-order valence-corrected chi connectivity index (χ2v) is 7.22. The van der Waals surface area contributed by atoms with Crippen LogP contribution >= 0.6 is 24.0 Å². The van der Waals surface area contributed by atoms with Crippen LogP contribution in [0, 0.1) is 6.92 Å². The number of fused-ring (bicyclic) bond motifs is 1. The van der Waals surface area contributed by atoms with Gasteiger partial charge in [-0.3, -0.25) is 14.5 Å². The quantitative estimate of drug-likeness (QED) is 0.319. The van der Waals surface area contributed by atoms with Gasteiger partial charge in [0.1, 0.15) is 12.2 Å². The summed E-state index contributed by atoms with van der Waals surface area (Å²) in [7, 11) is 3.59. The minimum atomic E-state index is 0. The van der Waals surface area contributed by atoms with Crippen LogP contribution in [0.2, 0.25) is 0 Å². The first-order chi connectivity index (χ1) is 14.0. The third-order valence-corrected chi connectivity index (χ3v) is 5.13. The summed E-state index contributed by atoms with van der Waals surface area (Å²) < 4.78 is 3.76. The zero-order valence-electron chi connectivity index (χ0n) is 17.4. The number of anilines is 1. The molecule has 0 atom stereocenters. The van der Waals surface area contributed by atoms with Crippen LogP contribution in [0.4, 0.5) is 5.69 Å². The molecular weight excluding hydrogens is 495 g/mol. The molecule has 0 aromatic carbocycles. The van der Waals surface area contributed by atoms with Crippen molar-refractivity contribution in [3.8, 4) is 0 Å². The van der Waals surface area contributed by atoms with Crippen molar-refractivity contribution in [1.82, 2.24) is 29.4 Å². The lowest BCUT2D eigenvalue weighted by Crippen LogP contribution is -2.55. The fourth-order valence-corrected chi connectivity index (χ4v) is 3.63. The Morgan fingerprint density at radius 2 is 2.13 bits per heavy atom. The Kier molecular flexibility index (Phi) is 6.95. The molecule has 3 aromatic heterocycles. The van der Waals surface area contributed by atoms with Gasteiger partial charge < -0.3 is 19.5 Å². The molecule has 1 N–H and O–H groups in total. The molecule has 0 spiro atoms. The minimum Gasteiger partial charge on any atom is -0.356 e. The molecule has 0 unspecified atom stereocenters. The Morgan fingerprint density at radius 1 is 1.30 bits per heavy atom. The molecule has 1 saturated heterocycles. The van der Waals surface area contributed by atoms with Crippen molar-refractivity contribution in [1.29, 1.82) is 0 Å². The summed E-state index contributed by atoms with van der Waals surface area (Å²) in [6, 6.07) is 4.09. The molecule has 160 valence electrons. The van der Waals surface area contributed by atoms with Crippen LogP contribution in [0.5, 0.6) is 0 Å². The predicted molar refractivity (Wildman–Crippen MR) is 128 cm³/mol. The van der Waals surface area contributed by atoms with Gasteiger partial charge in [0.15, 0.2) is 5.96 Å². The molecule has 9 nitrogen and oxygen atoms in total. The van der Waals surface area contributed by atoms with Gasteiger partial charge in [0.2, 0.25) is 5.91 Å². The highest BCUT2D eigenvalue weighted by molar-refractivity contribution is 14.0. The van der Waals surface area contributed by atoms with Gasteiger partial charge in [-0.05, 0) is 18.6 Å². The number of nitrogens with one attached hydrogen (secondary N) is 1. The minimum absolute atomic E-state index is 0. The third kappa shape index (κ3) is 4.58. The summed E-state index contributed by atoms with van der Waals surface area (Å²) in [5, 5.41) is 7.52. The smallest absolute Gasteiger partial charge is 0.246 e. The van der Waals surface area contributed by atoms with E-state index in [2.05, 4.69) is 39.0 Å². The number of aryl methyl sites for hydroxylation is 2. The standard InChI is InChI=1S/C20H26N8O.HI/c1-15-5-4-8-26-12-16(24-19(15)26)6-7-22-20(21-2)27-9-10-28(18(29)14-27)17-11-23-25(3)13-17;/h4-5,8,11-13H,6-7,9-10,14H2,1-3H3,(H,21,22);1H. The van der Waals surface area contributed by atoms with Crippen LogP contribution in [0.25, 0.3) is 5.65 Å². The maximum absolute atomic E-state index is 12.6. The Bertz CT molecular complexity index is 1060. The molecule has 4 heterocycles. The summed E-state index contributed by atoms with van der Waals surface area (Å²) >= 11 is 0. The molecule has 0 saturated carbocycles. The fraction of sp³-hybridized carbons (Fsp3) is 0.400. The molecule has 1 amide bonds. The van der Waals surface area contributed by atoms with Crippen LogP contribution in [-0.4, -0.2) is 69.2 Å². The van der Waals surface area contributed by atoms with Crippen LogP contribution in [0.15, 0.2) is 41.9 Å². The number of guanidine groups is 1. The van der Waals surface area contributed by atoms with Gasteiger partial charge in [-0.1, -0.05) is 6.07 Å². The summed E-state index contributed by atoms with van der Waals surface area (Å²) in [5.74, 6) is 0.784. The number of imidazole rings is 1. The van der Waals surface area contributed by atoms with E-state index in [1.807, 2.05) is 30.4 Å². The van der Waals surface area contributed by atoms with Crippen molar-refractivity contribution in [3.63, 3.8) is 0 Å². The van der Waals surface area contributed by atoms with Crippen molar-refractivity contribution in [2.75, 3.05) is 38.1 Å². The number of pyridine rings is 1. The first kappa shape index (κ1) is 22.1. The number of amides is 1. The van der Waals surface area contributed by atoms with Gasteiger partial charge in [0.25, 0.3) is 0 Å². The lowest BCUT2D eigenvalue weighted by molar-refractivity contribution is -0.120.